The molecule has 4 rings (SSSR count). The molecular weight excluding hydrogens is 452 g/mol. The maximum atomic E-state index is 11.8. The lowest BCUT2D eigenvalue weighted by Gasteiger charge is -2.33. The quantitative estimate of drug-likeness (QED) is 0.405. The van der Waals surface area contributed by atoms with Gasteiger partial charge in [0.05, 0.1) is 0 Å². The van der Waals surface area contributed by atoms with Crippen LogP contribution in [-0.4, -0.2) is 33.2 Å². The van der Waals surface area contributed by atoms with Crippen LogP contribution in [-0.2, 0) is 20.9 Å². The van der Waals surface area contributed by atoms with Gasteiger partial charge in [0, 0.05) is 17.4 Å². The average molecular weight is 478 g/mol. The fourth-order valence-corrected chi connectivity index (χ4v) is 3.78. The first-order valence-electron chi connectivity index (χ1n) is 10.9. The van der Waals surface area contributed by atoms with E-state index < -0.39 is 23.3 Å². The number of carbonyl (C=O) groups is 3. The van der Waals surface area contributed by atoms with Crippen LogP contribution in [0.3, 0.4) is 0 Å². The number of ether oxygens (including phenoxy) is 1. The van der Waals surface area contributed by atoms with Gasteiger partial charge >= 0.3 is 17.9 Å². The molecule has 1 unspecified atom stereocenters. The molecule has 35 heavy (non-hydrogen) atoms. The normalized spacial score (nSPS) is 17.3. The summed E-state index contributed by atoms with van der Waals surface area (Å²) >= 11 is 0. The molecule has 0 saturated heterocycles. The first-order valence-corrected chi connectivity index (χ1v) is 10.9. The van der Waals surface area contributed by atoms with Crippen LogP contribution in [0.25, 0.3) is 11.0 Å². The minimum absolute atomic E-state index is 0.0174. The zero-order chi connectivity index (χ0) is 25.6. The summed E-state index contributed by atoms with van der Waals surface area (Å²) in [4.78, 5) is 33.6. The van der Waals surface area contributed by atoms with Gasteiger partial charge < -0.3 is 24.5 Å². The lowest BCUT2D eigenvalue weighted by atomic mass is 9.75. The Hall–Kier alpha value is -4.33. The number of aliphatic carboxylic acids is 2. The van der Waals surface area contributed by atoms with E-state index in [1.54, 1.807) is 12.1 Å². The molecule has 1 atom stereocenters. The van der Waals surface area contributed by atoms with E-state index in [0.29, 0.717) is 23.3 Å². The van der Waals surface area contributed by atoms with Crippen molar-refractivity contribution < 1.29 is 38.9 Å². The minimum Gasteiger partial charge on any atom is -0.492 e. The molecule has 1 heterocycles. The molecule has 2 aromatic carbocycles. The second-order valence-corrected chi connectivity index (χ2v) is 8.22. The summed E-state index contributed by atoms with van der Waals surface area (Å²) < 4.78 is 10.9. The monoisotopic (exact) mass is 478 g/mol. The van der Waals surface area contributed by atoms with Gasteiger partial charge in [-0.25, -0.2) is 9.59 Å². The van der Waals surface area contributed by atoms with Gasteiger partial charge in [0.1, 0.15) is 23.4 Å². The largest absolute Gasteiger partial charge is 0.492 e. The van der Waals surface area contributed by atoms with Gasteiger partial charge in [-0.3, -0.25) is 4.79 Å². The third kappa shape index (κ3) is 5.78. The molecule has 0 bridgehead atoms. The molecule has 0 aliphatic heterocycles. The molecule has 0 saturated carbocycles. The van der Waals surface area contributed by atoms with E-state index >= 15 is 0 Å². The Morgan fingerprint density at radius 3 is 2.20 bits per heavy atom. The van der Waals surface area contributed by atoms with E-state index in [2.05, 4.69) is 0 Å². The molecule has 1 aliphatic carbocycles. The van der Waals surface area contributed by atoms with Crippen LogP contribution in [0.2, 0.25) is 0 Å². The lowest BCUT2D eigenvalue weighted by molar-refractivity contribution is -0.148. The van der Waals surface area contributed by atoms with Gasteiger partial charge in [-0.15, -0.1) is 0 Å². The second kappa shape index (κ2) is 10.7. The summed E-state index contributed by atoms with van der Waals surface area (Å²) in [5.74, 6) is -2.88. The van der Waals surface area contributed by atoms with Crippen molar-refractivity contribution in [3.05, 3.63) is 95.0 Å². The Morgan fingerprint density at radius 2 is 1.63 bits per heavy atom. The smallest absolute Gasteiger partial charge is 0.371 e. The Morgan fingerprint density at radius 1 is 0.971 bits per heavy atom. The number of benzene rings is 2. The Bertz CT molecular complexity index is 1270. The minimum atomic E-state index is -1.37. The fraction of sp³-hybridized carbons (Fsp3) is 0.222. The van der Waals surface area contributed by atoms with Crippen molar-refractivity contribution in [2.45, 2.75) is 33.3 Å². The van der Waals surface area contributed by atoms with Crippen molar-refractivity contribution in [1.82, 2.24) is 0 Å². The maximum absolute atomic E-state index is 11.8. The predicted molar refractivity (Wildman–Crippen MR) is 128 cm³/mol. The zero-order valence-corrected chi connectivity index (χ0v) is 19.4. The van der Waals surface area contributed by atoms with Crippen LogP contribution in [0.1, 0.15) is 42.8 Å². The Kier molecular flexibility index (Phi) is 7.76. The zero-order valence-electron chi connectivity index (χ0n) is 19.4. The van der Waals surface area contributed by atoms with Crippen molar-refractivity contribution >= 4 is 28.9 Å². The van der Waals surface area contributed by atoms with Crippen LogP contribution in [0, 0.1) is 5.41 Å². The van der Waals surface area contributed by atoms with Gasteiger partial charge in [0.15, 0.2) is 0 Å². The van der Waals surface area contributed by atoms with E-state index in [9.17, 15) is 24.6 Å². The van der Waals surface area contributed by atoms with Crippen LogP contribution in [0.5, 0.6) is 0 Å². The van der Waals surface area contributed by atoms with Gasteiger partial charge in [-0.2, -0.15) is 0 Å². The number of carboxylic acid groups (broad SMARTS) is 3. The summed E-state index contributed by atoms with van der Waals surface area (Å²) in [7, 11) is 0. The predicted octanol–water partition coefficient (Wildman–Crippen LogP) is 5.50. The number of fused-ring (bicyclic) bond motifs is 1. The number of rotatable bonds is 7. The number of aromatic carboxylic acids is 1. The third-order valence-electron chi connectivity index (χ3n) is 5.68. The highest BCUT2D eigenvalue weighted by atomic mass is 16.5. The molecule has 8 nitrogen and oxygen atoms in total. The number of allylic oxidation sites excluding steroid dienone is 2. The third-order valence-corrected chi connectivity index (χ3v) is 5.68. The van der Waals surface area contributed by atoms with Crippen molar-refractivity contribution in [2.24, 2.45) is 5.41 Å². The molecule has 3 N–H and O–H groups in total. The summed E-state index contributed by atoms with van der Waals surface area (Å²) in [6.45, 7) is 3.62. The summed E-state index contributed by atoms with van der Waals surface area (Å²) in [6, 6.07) is 18.1. The molecule has 0 radical (unpaired) electrons. The topological polar surface area (TPSA) is 134 Å². The number of para-hydroxylation sites is 1. The molecule has 1 aromatic heterocycles. The van der Waals surface area contributed by atoms with Crippen LogP contribution in [0.15, 0.2) is 88.1 Å². The molecule has 8 heteroatoms. The molecule has 3 aromatic rings. The fourth-order valence-electron chi connectivity index (χ4n) is 3.78. The van der Waals surface area contributed by atoms with Crippen molar-refractivity contribution in [1.29, 1.82) is 0 Å². The molecule has 0 fully saturated rings. The summed E-state index contributed by atoms with van der Waals surface area (Å²) in [6.07, 6.45) is 1.95. The number of furan rings is 1. The van der Waals surface area contributed by atoms with E-state index in [1.165, 1.54) is 19.1 Å². The van der Waals surface area contributed by atoms with Crippen molar-refractivity contribution in [3.63, 3.8) is 0 Å². The van der Waals surface area contributed by atoms with E-state index in [4.69, 9.17) is 14.3 Å². The molecular formula is C27H26O8. The first-order chi connectivity index (χ1) is 16.7. The van der Waals surface area contributed by atoms with Gasteiger partial charge in [-0.05, 0) is 42.7 Å². The van der Waals surface area contributed by atoms with Crippen molar-refractivity contribution in [2.75, 3.05) is 0 Å². The van der Waals surface area contributed by atoms with Crippen LogP contribution >= 0.6 is 0 Å². The lowest BCUT2D eigenvalue weighted by Crippen LogP contribution is -2.35. The Labute approximate surface area is 201 Å². The number of hydrogen-bond donors (Lipinski definition) is 3. The molecule has 1 aliphatic rings. The Balaban J connectivity index is 0.000000237. The van der Waals surface area contributed by atoms with Crippen LogP contribution in [0.4, 0.5) is 0 Å². The van der Waals surface area contributed by atoms with Gasteiger partial charge in [-0.1, -0.05) is 55.5 Å². The van der Waals surface area contributed by atoms with Gasteiger partial charge in [0.2, 0.25) is 5.76 Å². The molecule has 0 spiro atoms. The molecule has 182 valence electrons. The van der Waals surface area contributed by atoms with Crippen LogP contribution < -0.4 is 0 Å². The summed E-state index contributed by atoms with van der Waals surface area (Å²) in [5, 5.41) is 28.3. The highest BCUT2D eigenvalue weighted by Crippen LogP contribution is 2.42. The first kappa shape index (κ1) is 25.3. The van der Waals surface area contributed by atoms with Crippen molar-refractivity contribution in [3.8, 4) is 0 Å². The number of hydrogen-bond acceptors (Lipinski definition) is 5. The maximum Gasteiger partial charge on any atom is 0.371 e. The second-order valence-electron chi connectivity index (χ2n) is 8.22. The van der Waals surface area contributed by atoms with E-state index in [-0.39, 0.29) is 24.4 Å². The average Bonchev–Trinajstić information content (AvgIpc) is 3.28. The molecule has 0 amide bonds. The highest BCUT2D eigenvalue weighted by Gasteiger charge is 2.44. The van der Waals surface area contributed by atoms with Gasteiger partial charge in [0.25, 0.3) is 0 Å². The SMILES string of the molecule is CCC1=C(OCc2ccccc2)C(C)(C(=O)O)CC(C(=O)O)=C1.O=C(O)c1cc2ccccc2o1. The summed E-state index contributed by atoms with van der Waals surface area (Å²) in [5.41, 5.74) is 0.877. The highest BCUT2D eigenvalue weighted by molar-refractivity contribution is 5.91. The van der Waals surface area contributed by atoms with E-state index in [1.807, 2.05) is 49.4 Å². The standard InChI is InChI=1S/C18H20O5.C9H6O3/c1-3-13-9-14(16(19)20)10-18(2,17(21)22)15(13)23-11-12-7-5-4-6-8-12;10-9(11)8-5-6-3-1-2-4-7(6)12-8/h4-9H,3,10-11H2,1-2H3,(H,19,20)(H,21,22);1-5H,(H,10,11). The van der Waals surface area contributed by atoms with E-state index in [0.717, 1.165) is 10.9 Å². The number of carboxylic acids is 3.